The Morgan fingerprint density at radius 1 is 1.06 bits per heavy atom. The van der Waals surface area contributed by atoms with E-state index < -0.39 is 0 Å². The van der Waals surface area contributed by atoms with Crippen molar-refractivity contribution >= 4 is 6.41 Å². The number of aliphatic hydroxyl groups excluding tert-OH is 1. The van der Waals surface area contributed by atoms with Gasteiger partial charge in [0.05, 0.1) is 0 Å². The Bertz CT molecular complexity index is 115. The highest BCUT2D eigenvalue weighted by molar-refractivity contribution is 5.45. The first-order valence-electron chi connectivity index (χ1n) is 6.83. The van der Waals surface area contributed by atoms with Gasteiger partial charge in [-0.25, -0.2) is 0 Å². The molecule has 0 radical (unpaired) electrons. The summed E-state index contributed by atoms with van der Waals surface area (Å²) in [7, 11) is 4.38. The van der Waals surface area contributed by atoms with Gasteiger partial charge in [0.25, 0.3) is 0 Å². The summed E-state index contributed by atoms with van der Waals surface area (Å²) in [5, 5.41) is 7.00. The number of hydrogen-bond donors (Lipinski definition) is 1. The van der Waals surface area contributed by atoms with Crippen molar-refractivity contribution in [2.75, 3.05) is 34.4 Å². The van der Waals surface area contributed by atoms with Crippen molar-refractivity contribution in [2.45, 2.75) is 52.4 Å². The lowest BCUT2D eigenvalue weighted by Crippen LogP contribution is -2.06. The quantitative estimate of drug-likeness (QED) is 0.626. The highest BCUT2D eigenvalue weighted by Gasteiger charge is 1.94. The van der Waals surface area contributed by atoms with Crippen LogP contribution in [0.15, 0.2) is 0 Å². The van der Waals surface area contributed by atoms with Crippen LogP contribution < -0.4 is 0 Å². The number of ether oxygens (including phenoxy) is 1. The largest absolute Gasteiger partial charge is 0.400 e. The first-order chi connectivity index (χ1) is 8.68. The molecule has 1 aliphatic rings. The zero-order valence-electron chi connectivity index (χ0n) is 12.9. The van der Waals surface area contributed by atoms with Crippen molar-refractivity contribution in [2.24, 2.45) is 0 Å². The van der Waals surface area contributed by atoms with Gasteiger partial charge in [-0.1, -0.05) is 39.5 Å². The SMILES string of the molecule is C1CCOC1.CCCCCC.CN(C)C=O.CO. The highest BCUT2D eigenvalue weighted by atomic mass is 16.5. The van der Waals surface area contributed by atoms with Crippen molar-refractivity contribution in [3.8, 4) is 0 Å². The summed E-state index contributed by atoms with van der Waals surface area (Å²) < 4.78 is 4.94. The molecule has 0 spiro atoms. The van der Waals surface area contributed by atoms with Crippen molar-refractivity contribution < 1.29 is 14.6 Å². The molecule has 1 heterocycles. The average molecular weight is 263 g/mol. The maximum atomic E-state index is 9.43. The molecule has 0 unspecified atom stereocenters. The molecule has 0 aromatic heterocycles. The molecular weight excluding hydrogens is 230 g/mol. The van der Waals surface area contributed by atoms with Crippen LogP contribution in [0, 0.1) is 0 Å². The molecule has 112 valence electrons. The monoisotopic (exact) mass is 263 g/mol. The van der Waals surface area contributed by atoms with E-state index in [2.05, 4.69) is 13.8 Å². The summed E-state index contributed by atoms with van der Waals surface area (Å²) in [5.74, 6) is 0. The Morgan fingerprint density at radius 3 is 1.50 bits per heavy atom. The third kappa shape index (κ3) is 36.1. The van der Waals surface area contributed by atoms with Gasteiger partial charge >= 0.3 is 0 Å². The summed E-state index contributed by atoms with van der Waals surface area (Å²) in [6.07, 6.45) is 8.84. The number of carbonyl (C=O) groups is 1. The number of nitrogens with zero attached hydrogens (tertiary/aromatic N) is 1. The van der Waals surface area contributed by atoms with E-state index in [4.69, 9.17) is 9.84 Å². The molecule has 1 amide bonds. The maximum absolute atomic E-state index is 9.43. The van der Waals surface area contributed by atoms with E-state index in [1.54, 1.807) is 14.1 Å². The van der Waals surface area contributed by atoms with Crippen LogP contribution >= 0.6 is 0 Å². The number of rotatable bonds is 4. The molecular formula is C14H33NO3. The maximum Gasteiger partial charge on any atom is 0.209 e. The van der Waals surface area contributed by atoms with Crippen LogP contribution in [0.4, 0.5) is 0 Å². The number of aliphatic hydroxyl groups is 1. The smallest absolute Gasteiger partial charge is 0.209 e. The molecule has 0 aromatic carbocycles. The molecule has 1 aliphatic heterocycles. The summed E-state index contributed by atoms with van der Waals surface area (Å²) in [6.45, 7) is 6.46. The van der Waals surface area contributed by atoms with Gasteiger partial charge in [-0.2, -0.15) is 0 Å². The number of unbranched alkanes of at least 4 members (excludes halogenated alkanes) is 3. The minimum absolute atomic E-state index is 0.750. The predicted octanol–water partition coefficient (Wildman–Crippen LogP) is 2.70. The van der Waals surface area contributed by atoms with E-state index in [9.17, 15) is 4.79 Å². The molecule has 18 heavy (non-hydrogen) atoms. The second-order valence-electron chi connectivity index (χ2n) is 4.10. The zero-order valence-corrected chi connectivity index (χ0v) is 12.9. The van der Waals surface area contributed by atoms with Crippen molar-refractivity contribution in [3.63, 3.8) is 0 Å². The third-order valence-corrected chi connectivity index (χ3v) is 2.00. The summed E-state index contributed by atoms with van der Waals surface area (Å²) >= 11 is 0. The van der Waals surface area contributed by atoms with E-state index >= 15 is 0 Å². The Labute approximate surface area is 113 Å². The lowest BCUT2D eigenvalue weighted by molar-refractivity contribution is -0.115. The van der Waals surface area contributed by atoms with Gasteiger partial charge in [0, 0.05) is 34.4 Å². The van der Waals surface area contributed by atoms with Gasteiger partial charge in [-0.3, -0.25) is 4.79 Å². The average Bonchev–Trinajstić information content (AvgIpc) is 2.98. The number of amides is 1. The molecule has 1 rings (SSSR count). The second-order valence-corrected chi connectivity index (χ2v) is 4.10. The first kappa shape index (κ1) is 22.6. The molecule has 0 saturated carbocycles. The van der Waals surface area contributed by atoms with Gasteiger partial charge < -0.3 is 14.7 Å². The molecule has 1 saturated heterocycles. The van der Waals surface area contributed by atoms with Gasteiger partial charge in [-0.15, -0.1) is 0 Å². The van der Waals surface area contributed by atoms with E-state index in [1.165, 1.54) is 43.4 Å². The van der Waals surface area contributed by atoms with Crippen LogP contribution in [0.1, 0.15) is 52.4 Å². The molecule has 1 fully saturated rings. The number of carbonyl (C=O) groups excluding carboxylic acids is 1. The van der Waals surface area contributed by atoms with Crippen LogP contribution in [-0.4, -0.2) is 50.8 Å². The third-order valence-electron chi connectivity index (χ3n) is 2.00. The van der Waals surface area contributed by atoms with Crippen LogP contribution in [0.2, 0.25) is 0 Å². The van der Waals surface area contributed by atoms with E-state index in [0.29, 0.717) is 0 Å². The number of hydrogen-bond acceptors (Lipinski definition) is 3. The minimum Gasteiger partial charge on any atom is -0.400 e. The van der Waals surface area contributed by atoms with E-state index in [-0.39, 0.29) is 0 Å². The van der Waals surface area contributed by atoms with Crippen LogP contribution in [-0.2, 0) is 9.53 Å². The highest BCUT2D eigenvalue weighted by Crippen LogP contribution is 1.98. The molecule has 4 heteroatoms. The van der Waals surface area contributed by atoms with Crippen LogP contribution in [0.25, 0.3) is 0 Å². The Hall–Kier alpha value is -0.610. The lowest BCUT2D eigenvalue weighted by Gasteiger charge is -1.93. The molecule has 0 aromatic rings. The Morgan fingerprint density at radius 2 is 1.39 bits per heavy atom. The second kappa shape index (κ2) is 25.3. The van der Waals surface area contributed by atoms with Crippen molar-refractivity contribution in [1.29, 1.82) is 0 Å². The minimum atomic E-state index is 0.750. The normalized spacial score (nSPS) is 11.9. The van der Waals surface area contributed by atoms with Gasteiger partial charge in [-0.05, 0) is 12.8 Å². The van der Waals surface area contributed by atoms with E-state index in [0.717, 1.165) is 26.7 Å². The molecule has 1 N–H and O–H groups in total. The molecule has 0 atom stereocenters. The predicted molar refractivity (Wildman–Crippen MR) is 77.8 cm³/mol. The molecule has 0 bridgehead atoms. The summed E-state index contributed by atoms with van der Waals surface area (Å²) in [5.41, 5.74) is 0. The fourth-order valence-electron chi connectivity index (χ4n) is 1.01. The molecule has 4 nitrogen and oxygen atoms in total. The van der Waals surface area contributed by atoms with E-state index in [1.807, 2.05) is 0 Å². The van der Waals surface area contributed by atoms with Gasteiger partial charge in [0.1, 0.15) is 0 Å². The Balaban J connectivity index is -0.000000176. The zero-order chi connectivity index (χ0) is 14.6. The van der Waals surface area contributed by atoms with Gasteiger partial charge in [0.2, 0.25) is 6.41 Å². The van der Waals surface area contributed by atoms with Crippen molar-refractivity contribution in [3.05, 3.63) is 0 Å². The van der Waals surface area contributed by atoms with Crippen LogP contribution in [0.3, 0.4) is 0 Å². The fourth-order valence-corrected chi connectivity index (χ4v) is 1.01. The Kier molecular flexibility index (Phi) is 31.7. The van der Waals surface area contributed by atoms with Crippen LogP contribution in [0.5, 0.6) is 0 Å². The first-order valence-corrected chi connectivity index (χ1v) is 6.83. The summed E-state index contributed by atoms with van der Waals surface area (Å²) in [6, 6.07) is 0. The van der Waals surface area contributed by atoms with Gasteiger partial charge in [0.15, 0.2) is 0 Å². The summed E-state index contributed by atoms with van der Waals surface area (Å²) in [4.78, 5) is 10.9. The van der Waals surface area contributed by atoms with Crippen molar-refractivity contribution in [1.82, 2.24) is 4.90 Å². The molecule has 0 aliphatic carbocycles. The fraction of sp³-hybridized carbons (Fsp3) is 0.929. The topological polar surface area (TPSA) is 49.8 Å². The lowest BCUT2D eigenvalue weighted by atomic mass is 10.2. The standard InChI is InChI=1S/C6H14.C4H8O.C3H7NO.CH4O/c1-3-5-6-4-2;1-2-4-5-3-1;1-4(2)3-5;1-2/h3-6H2,1-2H3;1-4H2;3H,1-2H3;2H,1H3.